The van der Waals surface area contributed by atoms with Gasteiger partial charge in [-0.05, 0) is 6.07 Å². The van der Waals surface area contributed by atoms with Gasteiger partial charge in [-0.1, -0.05) is 0 Å². The average molecular weight is 284 g/mol. The van der Waals surface area contributed by atoms with E-state index in [-0.39, 0.29) is 6.61 Å². The van der Waals surface area contributed by atoms with Crippen LogP contribution in [0.4, 0.5) is 10.2 Å². The van der Waals surface area contributed by atoms with Gasteiger partial charge in [0.1, 0.15) is 35.4 Å². The Balaban J connectivity index is 2.04. The molecule has 0 spiro atoms. The van der Waals surface area contributed by atoms with Crippen LogP contribution in [0.15, 0.2) is 18.6 Å². The Hall–Kier alpha value is -1.38. The minimum atomic E-state index is -1.46. The fourth-order valence-corrected chi connectivity index (χ4v) is 3.65. The first-order valence-corrected chi connectivity index (χ1v) is 6.73. The van der Waals surface area contributed by atoms with Crippen LogP contribution in [0, 0.1) is 0 Å². The van der Waals surface area contributed by atoms with Crippen LogP contribution in [0.5, 0.6) is 0 Å². The molecule has 0 bridgehead atoms. The lowest BCUT2D eigenvalue weighted by Gasteiger charge is -2.16. The lowest BCUT2D eigenvalue weighted by molar-refractivity contribution is 0.0643. The van der Waals surface area contributed by atoms with Gasteiger partial charge in [0, 0.05) is 6.20 Å². The molecule has 1 fully saturated rings. The monoisotopic (exact) mass is 284 g/mol. The Kier molecular flexibility index (Phi) is 3.08. The number of aliphatic hydroxyl groups excluding tert-OH is 2. The zero-order valence-electron chi connectivity index (χ0n) is 9.85. The van der Waals surface area contributed by atoms with Gasteiger partial charge in [0.25, 0.3) is 0 Å². The summed E-state index contributed by atoms with van der Waals surface area (Å²) in [7, 11) is 0. The number of aromatic nitrogens is 3. The molecule has 4 atom stereocenters. The number of aliphatic hydroxyl groups is 2. The summed E-state index contributed by atoms with van der Waals surface area (Å²) in [4.78, 5) is 8.00. The minimum absolute atomic E-state index is 0.310. The van der Waals surface area contributed by atoms with Crippen LogP contribution in [-0.4, -0.2) is 48.9 Å². The molecular weight excluding hydrogens is 271 g/mol. The smallest absolute Gasteiger partial charge is 0.146 e. The molecule has 3 rings (SSSR count). The van der Waals surface area contributed by atoms with E-state index in [2.05, 4.69) is 9.97 Å². The van der Waals surface area contributed by atoms with Crippen molar-refractivity contribution in [1.29, 1.82) is 0 Å². The molecule has 2 aromatic rings. The third-order valence-corrected chi connectivity index (χ3v) is 4.83. The number of hydrogen-bond acceptors (Lipinski definition) is 6. The summed E-state index contributed by atoms with van der Waals surface area (Å²) in [6.07, 6.45) is 0.380. The summed E-state index contributed by atoms with van der Waals surface area (Å²) in [5.74, 6) is 0.344. The van der Waals surface area contributed by atoms with Crippen LogP contribution in [-0.2, 0) is 0 Å². The van der Waals surface area contributed by atoms with Gasteiger partial charge in [0.2, 0.25) is 0 Å². The molecule has 6 nitrogen and oxygen atoms in total. The molecule has 0 aliphatic carbocycles. The first-order valence-electron chi connectivity index (χ1n) is 5.79. The molecule has 8 heteroatoms. The molecule has 1 aliphatic heterocycles. The molecule has 102 valence electrons. The zero-order valence-corrected chi connectivity index (χ0v) is 10.7. The van der Waals surface area contributed by atoms with Gasteiger partial charge in [-0.15, -0.1) is 11.8 Å². The Morgan fingerprint density at radius 1 is 1.47 bits per heavy atom. The second-order valence-electron chi connectivity index (χ2n) is 4.40. The van der Waals surface area contributed by atoms with E-state index < -0.39 is 22.9 Å². The summed E-state index contributed by atoms with van der Waals surface area (Å²) in [5, 5.41) is 18.6. The van der Waals surface area contributed by atoms with E-state index in [1.54, 1.807) is 16.8 Å². The average Bonchev–Trinajstić information content (AvgIpc) is 2.94. The molecule has 1 aliphatic rings. The quantitative estimate of drug-likeness (QED) is 0.735. The number of nitrogens with zero attached hydrogens (tertiary/aromatic N) is 3. The lowest BCUT2D eigenvalue weighted by atomic mass is 10.1. The third kappa shape index (κ3) is 1.87. The Morgan fingerprint density at radius 3 is 2.95 bits per heavy atom. The highest BCUT2D eigenvalue weighted by Crippen LogP contribution is 2.44. The highest BCUT2D eigenvalue weighted by atomic mass is 32.2. The summed E-state index contributed by atoms with van der Waals surface area (Å²) in [6.45, 7) is -0.310. The molecule has 0 radical (unpaired) electrons. The second kappa shape index (κ2) is 4.62. The van der Waals surface area contributed by atoms with Crippen LogP contribution in [0.1, 0.15) is 5.37 Å². The van der Waals surface area contributed by atoms with Crippen LogP contribution in [0.3, 0.4) is 0 Å². The number of anilines is 1. The van der Waals surface area contributed by atoms with Crippen molar-refractivity contribution < 1.29 is 14.6 Å². The molecule has 1 saturated heterocycles. The minimum Gasteiger partial charge on any atom is -0.395 e. The van der Waals surface area contributed by atoms with Gasteiger partial charge in [0.15, 0.2) is 0 Å². The SMILES string of the molecule is Nc1ncnc2c1ccn2[C@@H]1S[C@H](CO)[C@@H](F)[C@H]1O. The van der Waals surface area contributed by atoms with Crippen LogP contribution < -0.4 is 5.73 Å². The third-order valence-electron chi connectivity index (χ3n) is 3.28. The standard InChI is InChI=1S/C11H13FN4O2S/c12-7-6(3-17)19-11(8(7)18)16-2-1-5-9(13)14-4-15-10(5)16/h1-2,4,6-8,11,17-18H,3H2,(H2,13,14,15)/t6-,7-,8-,11-/m1/s1. The summed E-state index contributed by atoms with van der Waals surface area (Å²) < 4.78 is 15.5. The number of fused-ring (bicyclic) bond motifs is 1. The predicted molar refractivity (Wildman–Crippen MR) is 70.3 cm³/mol. The van der Waals surface area contributed by atoms with E-state index >= 15 is 0 Å². The zero-order chi connectivity index (χ0) is 13.6. The van der Waals surface area contributed by atoms with E-state index in [0.29, 0.717) is 16.9 Å². The number of hydrogen-bond donors (Lipinski definition) is 3. The highest BCUT2D eigenvalue weighted by Gasteiger charge is 2.44. The fourth-order valence-electron chi connectivity index (χ4n) is 2.28. The van der Waals surface area contributed by atoms with Crippen molar-refractivity contribution in [2.24, 2.45) is 0 Å². The highest BCUT2D eigenvalue weighted by molar-refractivity contribution is 8.00. The topological polar surface area (TPSA) is 97.2 Å². The van der Waals surface area contributed by atoms with Crippen molar-refractivity contribution in [3.63, 3.8) is 0 Å². The van der Waals surface area contributed by atoms with Crippen molar-refractivity contribution in [2.45, 2.75) is 22.9 Å². The molecule has 4 N–H and O–H groups in total. The maximum Gasteiger partial charge on any atom is 0.146 e. The van der Waals surface area contributed by atoms with Crippen LogP contribution >= 0.6 is 11.8 Å². The first kappa shape index (κ1) is 12.6. The van der Waals surface area contributed by atoms with Gasteiger partial charge < -0.3 is 20.5 Å². The number of alkyl halides is 1. The fraction of sp³-hybridized carbons (Fsp3) is 0.455. The molecule has 0 unspecified atom stereocenters. The van der Waals surface area contributed by atoms with Crippen molar-refractivity contribution in [2.75, 3.05) is 12.3 Å². The van der Waals surface area contributed by atoms with Gasteiger partial charge in [-0.2, -0.15) is 0 Å². The van der Waals surface area contributed by atoms with E-state index in [1.807, 2.05) is 0 Å². The van der Waals surface area contributed by atoms with E-state index in [4.69, 9.17) is 10.8 Å². The molecule has 0 amide bonds. The van der Waals surface area contributed by atoms with Crippen molar-refractivity contribution >= 4 is 28.6 Å². The molecule has 0 saturated carbocycles. The Morgan fingerprint density at radius 2 is 2.26 bits per heavy atom. The van der Waals surface area contributed by atoms with E-state index in [1.165, 1.54) is 18.1 Å². The van der Waals surface area contributed by atoms with E-state index in [0.717, 1.165) is 0 Å². The number of nitrogens with two attached hydrogens (primary N) is 1. The normalized spacial score (nSPS) is 31.1. The largest absolute Gasteiger partial charge is 0.395 e. The summed E-state index contributed by atoms with van der Waals surface area (Å²) in [6, 6.07) is 1.73. The van der Waals surface area contributed by atoms with Gasteiger partial charge in [-0.3, -0.25) is 0 Å². The van der Waals surface area contributed by atoms with Crippen molar-refractivity contribution in [3.8, 4) is 0 Å². The van der Waals surface area contributed by atoms with Crippen LogP contribution in [0.2, 0.25) is 0 Å². The molecule has 0 aromatic carbocycles. The number of rotatable bonds is 2. The maximum absolute atomic E-state index is 13.8. The molecular formula is C11H13FN4O2S. The number of halogens is 1. The van der Waals surface area contributed by atoms with E-state index in [9.17, 15) is 9.50 Å². The van der Waals surface area contributed by atoms with Crippen LogP contribution in [0.25, 0.3) is 11.0 Å². The second-order valence-corrected chi connectivity index (χ2v) is 5.76. The summed E-state index contributed by atoms with van der Waals surface area (Å²) >= 11 is 1.19. The Labute approximate surface area is 112 Å². The van der Waals surface area contributed by atoms with Gasteiger partial charge in [0.05, 0.1) is 17.2 Å². The van der Waals surface area contributed by atoms with Gasteiger partial charge >= 0.3 is 0 Å². The molecule has 3 heterocycles. The lowest BCUT2D eigenvalue weighted by Crippen LogP contribution is -2.29. The Bertz CT molecular complexity index is 607. The predicted octanol–water partition coefficient (Wildman–Crippen LogP) is 0.319. The van der Waals surface area contributed by atoms with Gasteiger partial charge in [-0.25, -0.2) is 14.4 Å². The number of thioether (sulfide) groups is 1. The van der Waals surface area contributed by atoms with Crippen molar-refractivity contribution in [3.05, 3.63) is 18.6 Å². The number of nitrogen functional groups attached to an aromatic ring is 1. The van der Waals surface area contributed by atoms with Crippen molar-refractivity contribution in [1.82, 2.24) is 14.5 Å². The maximum atomic E-state index is 13.8. The molecule has 2 aromatic heterocycles. The summed E-state index contributed by atoms with van der Waals surface area (Å²) in [5.41, 5.74) is 6.29. The molecule has 19 heavy (non-hydrogen) atoms. The first-order chi connectivity index (χ1) is 9.13.